The van der Waals surface area contributed by atoms with Gasteiger partial charge in [0.25, 0.3) is 0 Å². The molecule has 3 radical (unpaired) electrons. The van der Waals surface area contributed by atoms with Gasteiger partial charge in [0.2, 0.25) is 10.5 Å². The summed E-state index contributed by atoms with van der Waals surface area (Å²) in [6, 6.07) is 6.06. The number of rotatable bonds is 7. The SMILES string of the molecule is Cc1cc(-c2cc(NC=C(C(=O)O)C(=O)O)ccc2F)c(CO[Si])c(C)c1C(C)(C)C. The zero-order valence-electron chi connectivity index (χ0n) is 18.1. The van der Waals surface area contributed by atoms with Crippen LogP contribution in [0.1, 0.15) is 43.0 Å². The van der Waals surface area contributed by atoms with Crippen LogP contribution in [-0.2, 0) is 26.0 Å². The van der Waals surface area contributed by atoms with Gasteiger partial charge in [-0.3, -0.25) is 0 Å². The topological polar surface area (TPSA) is 95.9 Å². The van der Waals surface area contributed by atoms with Gasteiger partial charge in [0.15, 0.2) is 5.57 Å². The van der Waals surface area contributed by atoms with Crippen LogP contribution in [0, 0.1) is 19.7 Å². The third-order valence-corrected chi connectivity index (χ3v) is 5.12. The summed E-state index contributed by atoms with van der Waals surface area (Å²) in [5.74, 6) is -3.63. The van der Waals surface area contributed by atoms with Crippen molar-refractivity contribution in [1.29, 1.82) is 0 Å². The van der Waals surface area contributed by atoms with E-state index in [-0.39, 0.29) is 17.6 Å². The molecule has 8 heteroatoms. The molecule has 0 spiro atoms. The van der Waals surface area contributed by atoms with Gasteiger partial charge in [-0.1, -0.05) is 26.8 Å². The number of aryl methyl sites for hydroxylation is 1. The number of anilines is 1. The van der Waals surface area contributed by atoms with E-state index in [1.54, 1.807) is 0 Å². The fourth-order valence-corrected chi connectivity index (χ4v) is 4.01. The second kappa shape index (κ2) is 9.45. The van der Waals surface area contributed by atoms with Gasteiger partial charge in [0.05, 0.1) is 6.61 Å². The van der Waals surface area contributed by atoms with Crippen LogP contribution >= 0.6 is 0 Å². The van der Waals surface area contributed by atoms with E-state index < -0.39 is 23.3 Å². The number of carboxylic acid groups (broad SMARTS) is 2. The average Bonchev–Trinajstić information content (AvgIpc) is 2.63. The molecular weight excluding hydrogens is 417 g/mol. The molecule has 0 unspecified atom stereocenters. The molecular formula is C23H25FNO5Si. The largest absolute Gasteiger partial charge is 0.477 e. The third kappa shape index (κ3) is 5.39. The van der Waals surface area contributed by atoms with E-state index in [0.29, 0.717) is 11.3 Å². The lowest BCUT2D eigenvalue weighted by Crippen LogP contribution is -2.17. The fourth-order valence-electron chi connectivity index (χ4n) is 3.87. The molecule has 2 aromatic carbocycles. The van der Waals surface area contributed by atoms with Crippen LogP contribution in [0.25, 0.3) is 11.1 Å². The van der Waals surface area contributed by atoms with Gasteiger partial charge in [-0.05, 0) is 65.3 Å². The zero-order valence-corrected chi connectivity index (χ0v) is 19.1. The second-order valence-electron chi connectivity index (χ2n) is 8.27. The Hall–Kier alpha value is -2.97. The monoisotopic (exact) mass is 442 g/mol. The number of carbonyl (C=O) groups is 2. The fraction of sp³-hybridized carbons (Fsp3) is 0.304. The molecule has 3 N–H and O–H groups in total. The van der Waals surface area contributed by atoms with Gasteiger partial charge in [0, 0.05) is 17.5 Å². The van der Waals surface area contributed by atoms with Crippen molar-refractivity contribution < 1.29 is 28.6 Å². The lowest BCUT2D eigenvalue weighted by Gasteiger charge is -2.28. The first kappa shape index (κ1) is 24.3. The van der Waals surface area contributed by atoms with Crippen LogP contribution in [0.5, 0.6) is 0 Å². The number of nitrogens with one attached hydrogen (secondary N) is 1. The predicted octanol–water partition coefficient (Wildman–Crippen LogP) is 4.47. The summed E-state index contributed by atoms with van der Waals surface area (Å²) in [6.07, 6.45) is 0.864. The Morgan fingerprint density at radius 1 is 1.13 bits per heavy atom. The molecule has 0 fully saturated rings. The van der Waals surface area contributed by atoms with Crippen LogP contribution < -0.4 is 5.32 Å². The quantitative estimate of drug-likeness (QED) is 0.253. The highest BCUT2D eigenvalue weighted by molar-refractivity contribution is 6.12. The lowest BCUT2D eigenvalue weighted by molar-refractivity contribution is -0.140. The molecule has 31 heavy (non-hydrogen) atoms. The van der Waals surface area contributed by atoms with Gasteiger partial charge in [-0.2, -0.15) is 0 Å². The number of hydrogen-bond donors (Lipinski definition) is 3. The molecule has 2 rings (SSSR count). The Morgan fingerprint density at radius 3 is 2.26 bits per heavy atom. The molecule has 0 aliphatic rings. The van der Waals surface area contributed by atoms with E-state index >= 15 is 0 Å². The summed E-state index contributed by atoms with van der Waals surface area (Å²) in [6.45, 7) is 10.5. The molecule has 6 nitrogen and oxygen atoms in total. The normalized spacial score (nSPS) is 11.2. The Bertz CT molecular complexity index is 1040. The second-order valence-corrected chi connectivity index (χ2v) is 8.55. The Morgan fingerprint density at radius 2 is 1.74 bits per heavy atom. The minimum absolute atomic E-state index is 0.121. The van der Waals surface area contributed by atoms with E-state index in [2.05, 4.69) is 36.6 Å². The van der Waals surface area contributed by atoms with Gasteiger partial charge in [-0.15, -0.1) is 0 Å². The summed E-state index contributed by atoms with van der Waals surface area (Å²) in [7, 11) is 3.05. The zero-order chi connectivity index (χ0) is 23.5. The molecule has 0 bridgehead atoms. The van der Waals surface area contributed by atoms with Crippen LogP contribution in [0.2, 0.25) is 0 Å². The number of halogens is 1. The maximum absolute atomic E-state index is 14.8. The maximum Gasteiger partial charge on any atom is 0.344 e. The first-order valence-electron chi connectivity index (χ1n) is 9.53. The molecule has 0 amide bonds. The molecule has 0 aliphatic heterocycles. The maximum atomic E-state index is 14.8. The summed E-state index contributed by atoms with van der Waals surface area (Å²) in [4.78, 5) is 22.1. The lowest BCUT2D eigenvalue weighted by atomic mass is 9.77. The van der Waals surface area contributed by atoms with Crippen molar-refractivity contribution in [1.82, 2.24) is 0 Å². The first-order chi connectivity index (χ1) is 14.4. The Labute approximate surface area is 184 Å². The number of aliphatic carboxylic acids is 2. The van der Waals surface area contributed by atoms with Crippen molar-refractivity contribution in [2.24, 2.45) is 0 Å². The molecule has 163 valence electrons. The van der Waals surface area contributed by atoms with E-state index in [9.17, 15) is 14.0 Å². The van der Waals surface area contributed by atoms with Crippen molar-refractivity contribution in [3.8, 4) is 11.1 Å². The number of benzene rings is 2. The molecule has 0 saturated heterocycles. The van der Waals surface area contributed by atoms with Crippen LogP contribution in [0.4, 0.5) is 10.1 Å². The minimum atomic E-state index is -1.58. The van der Waals surface area contributed by atoms with E-state index in [4.69, 9.17) is 14.6 Å². The average molecular weight is 443 g/mol. The van der Waals surface area contributed by atoms with Gasteiger partial charge < -0.3 is 20.0 Å². The standard InChI is InChI=1S/C23H25FNO5Si/c1-12-8-15(18(11-30-31)13(2)20(12)23(3,4)5)16-9-14(6-7-19(16)24)25-10-17(21(26)27)22(28)29/h6-10,25H,11H2,1-5H3,(H,26,27)(H,28,29). The summed E-state index contributed by atoms with van der Waals surface area (Å²) in [5.41, 5.74) is 4.29. The number of hydrogen-bond acceptors (Lipinski definition) is 4. The van der Waals surface area contributed by atoms with Crippen LogP contribution in [-0.4, -0.2) is 32.6 Å². The van der Waals surface area contributed by atoms with E-state index in [1.165, 1.54) is 18.2 Å². The van der Waals surface area contributed by atoms with Crippen molar-refractivity contribution in [3.05, 3.63) is 64.1 Å². The third-order valence-electron chi connectivity index (χ3n) is 4.97. The molecule has 0 atom stereocenters. The van der Waals surface area contributed by atoms with Crippen LogP contribution in [0.15, 0.2) is 36.0 Å². The smallest absolute Gasteiger partial charge is 0.344 e. The van der Waals surface area contributed by atoms with Gasteiger partial charge >= 0.3 is 11.9 Å². The molecule has 0 saturated carbocycles. The minimum Gasteiger partial charge on any atom is -0.477 e. The highest BCUT2D eigenvalue weighted by Gasteiger charge is 2.24. The van der Waals surface area contributed by atoms with Gasteiger partial charge in [-0.25, -0.2) is 14.0 Å². The van der Waals surface area contributed by atoms with Crippen molar-refractivity contribution in [2.75, 3.05) is 5.32 Å². The molecule has 0 aliphatic carbocycles. The summed E-state index contributed by atoms with van der Waals surface area (Å²) in [5, 5.41) is 20.6. The highest BCUT2D eigenvalue weighted by Crippen LogP contribution is 2.38. The molecule has 0 aromatic heterocycles. The molecule has 2 aromatic rings. The Balaban J connectivity index is 2.66. The predicted molar refractivity (Wildman–Crippen MR) is 118 cm³/mol. The summed E-state index contributed by atoms with van der Waals surface area (Å²) < 4.78 is 20.1. The van der Waals surface area contributed by atoms with Crippen molar-refractivity contribution >= 4 is 28.1 Å². The molecule has 0 heterocycles. The van der Waals surface area contributed by atoms with Gasteiger partial charge in [0.1, 0.15) is 5.82 Å². The van der Waals surface area contributed by atoms with Crippen molar-refractivity contribution in [2.45, 2.75) is 46.6 Å². The van der Waals surface area contributed by atoms with Crippen LogP contribution in [0.3, 0.4) is 0 Å². The Kier molecular flexibility index (Phi) is 7.40. The van der Waals surface area contributed by atoms with E-state index in [0.717, 1.165) is 28.5 Å². The number of carboxylic acids is 2. The first-order valence-corrected chi connectivity index (χ1v) is 9.94. The highest BCUT2D eigenvalue weighted by atomic mass is 28.2. The van der Waals surface area contributed by atoms with E-state index in [1.807, 2.05) is 19.9 Å². The summed E-state index contributed by atoms with van der Waals surface area (Å²) >= 11 is 0. The van der Waals surface area contributed by atoms with Crippen molar-refractivity contribution in [3.63, 3.8) is 0 Å².